The zero-order valence-electron chi connectivity index (χ0n) is 10.8. The molecule has 0 saturated heterocycles. The molecule has 1 rings (SSSR count). The van der Waals surface area contributed by atoms with E-state index in [0.717, 1.165) is 6.07 Å². The van der Waals surface area contributed by atoms with Crippen molar-refractivity contribution in [3.8, 4) is 0 Å². The molecule has 0 heterocycles. The van der Waals surface area contributed by atoms with Gasteiger partial charge in [0.1, 0.15) is 11.7 Å². The van der Waals surface area contributed by atoms with Gasteiger partial charge in [0.25, 0.3) is 0 Å². The number of hydrogen-bond donors (Lipinski definition) is 2. The summed E-state index contributed by atoms with van der Waals surface area (Å²) >= 11 is 3.17. The number of carbonyl (C=O) groups excluding carboxylic acids is 1. The zero-order valence-corrected chi connectivity index (χ0v) is 12.4. The molecule has 0 fully saturated rings. The molecular weight excluding hydrogens is 317 g/mol. The number of aliphatic carboxylic acids is 1. The van der Waals surface area contributed by atoms with Gasteiger partial charge in [-0.15, -0.1) is 0 Å². The Hall–Kier alpha value is -1.43. The number of nitrogens with one attached hydrogen (secondary N) is 1. The summed E-state index contributed by atoms with van der Waals surface area (Å²) in [6.07, 6.45) is 0. The van der Waals surface area contributed by atoms with Crippen LogP contribution in [-0.2, 0) is 9.59 Å². The van der Waals surface area contributed by atoms with Crippen molar-refractivity contribution in [3.63, 3.8) is 0 Å². The Morgan fingerprint density at radius 2 is 1.95 bits per heavy atom. The summed E-state index contributed by atoms with van der Waals surface area (Å²) in [5.41, 5.74) is -0.532. The largest absolute Gasteiger partial charge is 0.481 e. The Bertz CT molecular complexity index is 511. The first-order valence-electron chi connectivity index (χ1n) is 5.61. The minimum absolute atomic E-state index is 0.209. The van der Waals surface area contributed by atoms with E-state index in [9.17, 15) is 14.0 Å². The van der Waals surface area contributed by atoms with Gasteiger partial charge in [-0.3, -0.25) is 9.59 Å². The van der Waals surface area contributed by atoms with Gasteiger partial charge in [-0.05, 0) is 39.5 Å². The molecule has 0 saturated carbocycles. The molecule has 104 valence electrons. The molecule has 2 N–H and O–H groups in total. The van der Waals surface area contributed by atoms with E-state index in [1.165, 1.54) is 12.1 Å². The first kappa shape index (κ1) is 15.6. The summed E-state index contributed by atoms with van der Waals surface area (Å²) in [4.78, 5) is 23.2. The van der Waals surface area contributed by atoms with E-state index in [-0.39, 0.29) is 5.69 Å². The van der Waals surface area contributed by atoms with Crippen molar-refractivity contribution in [1.82, 2.24) is 0 Å². The Labute approximate surface area is 119 Å². The van der Waals surface area contributed by atoms with Crippen molar-refractivity contribution in [2.75, 3.05) is 5.32 Å². The van der Waals surface area contributed by atoms with Crippen LogP contribution in [0.15, 0.2) is 22.7 Å². The molecule has 0 aromatic heterocycles. The van der Waals surface area contributed by atoms with Gasteiger partial charge >= 0.3 is 5.97 Å². The summed E-state index contributed by atoms with van der Waals surface area (Å²) in [6.45, 7) is 4.98. The molecule has 1 aromatic carbocycles. The van der Waals surface area contributed by atoms with E-state index in [1.54, 1.807) is 20.8 Å². The summed E-state index contributed by atoms with van der Waals surface area (Å²) in [6, 6.07) is 3.81. The molecule has 0 spiro atoms. The van der Waals surface area contributed by atoms with E-state index in [4.69, 9.17) is 5.11 Å². The summed E-state index contributed by atoms with van der Waals surface area (Å²) in [5, 5.41) is 11.6. The highest BCUT2D eigenvalue weighted by Gasteiger charge is 2.37. The molecule has 0 aliphatic carbocycles. The number of benzene rings is 1. The lowest BCUT2D eigenvalue weighted by molar-refractivity contribution is -0.149. The molecule has 0 aliphatic rings. The van der Waals surface area contributed by atoms with Crippen molar-refractivity contribution >= 4 is 33.5 Å². The molecule has 0 aliphatic heterocycles. The standard InChI is InChI=1S/C13H15BrFNO3/c1-13(2,3)10(12(18)19)11(17)16-9-6-7(15)4-5-8(9)14/h4-6,10H,1-3H3,(H,16,17)(H,18,19). The average Bonchev–Trinajstić information content (AvgIpc) is 2.20. The van der Waals surface area contributed by atoms with Crippen LogP contribution < -0.4 is 5.32 Å². The van der Waals surface area contributed by atoms with Gasteiger partial charge in [0.05, 0.1) is 5.69 Å². The quantitative estimate of drug-likeness (QED) is 0.835. The molecule has 4 nitrogen and oxygen atoms in total. The smallest absolute Gasteiger partial charge is 0.316 e. The Morgan fingerprint density at radius 3 is 2.42 bits per heavy atom. The van der Waals surface area contributed by atoms with Crippen molar-refractivity contribution in [1.29, 1.82) is 0 Å². The highest BCUT2D eigenvalue weighted by atomic mass is 79.9. The maximum Gasteiger partial charge on any atom is 0.316 e. The van der Waals surface area contributed by atoms with Crippen LogP contribution in [0.3, 0.4) is 0 Å². The SMILES string of the molecule is CC(C)(C)C(C(=O)O)C(=O)Nc1cc(F)ccc1Br. The van der Waals surface area contributed by atoms with Crippen molar-refractivity contribution in [2.45, 2.75) is 20.8 Å². The van der Waals surface area contributed by atoms with Crippen LogP contribution in [0.2, 0.25) is 0 Å². The van der Waals surface area contributed by atoms with E-state index in [1.807, 2.05) is 0 Å². The van der Waals surface area contributed by atoms with E-state index >= 15 is 0 Å². The van der Waals surface area contributed by atoms with E-state index in [2.05, 4.69) is 21.2 Å². The number of carboxylic acids is 1. The van der Waals surface area contributed by atoms with Gasteiger partial charge in [-0.25, -0.2) is 4.39 Å². The number of anilines is 1. The highest BCUT2D eigenvalue weighted by Crippen LogP contribution is 2.29. The third-order valence-corrected chi connectivity index (χ3v) is 3.25. The molecular formula is C13H15BrFNO3. The Balaban J connectivity index is 3.01. The maximum atomic E-state index is 13.1. The van der Waals surface area contributed by atoms with Gasteiger partial charge in [0, 0.05) is 4.47 Å². The second-order valence-electron chi connectivity index (χ2n) is 5.25. The molecule has 1 atom stereocenters. The maximum absolute atomic E-state index is 13.1. The van der Waals surface area contributed by atoms with Gasteiger partial charge in [-0.2, -0.15) is 0 Å². The first-order chi connectivity index (χ1) is 8.62. The van der Waals surface area contributed by atoms with Gasteiger partial charge in [-0.1, -0.05) is 20.8 Å². The van der Waals surface area contributed by atoms with Crippen LogP contribution >= 0.6 is 15.9 Å². The molecule has 0 radical (unpaired) electrons. The molecule has 19 heavy (non-hydrogen) atoms. The lowest BCUT2D eigenvalue weighted by Gasteiger charge is -2.26. The number of hydrogen-bond acceptors (Lipinski definition) is 2. The van der Waals surface area contributed by atoms with E-state index < -0.39 is 29.0 Å². The third-order valence-electron chi connectivity index (χ3n) is 2.56. The predicted octanol–water partition coefficient (Wildman–Crippen LogP) is 3.27. The topological polar surface area (TPSA) is 66.4 Å². The predicted molar refractivity (Wildman–Crippen MR) is 73.3 cm³/mol. The lowest BCUT2D eigenvalue weighted by Crippen LogP contribution is -2.39. The Morgan fingerprint density at radius 1 is 1.37 bits per heavy atom. The van der Waals surface area contributed by atoms with Gasteiger partial charge in [0.2, 0.25) is 5.91 Å². The molecule has 1 amide bonds. The fourth-order valence-corrected chi connectivity index (χ4v) is 2.02. The normalized spacial score (nSPS) is 12.9. The van der Waals surface area contributed by atoms with Crippen LogP contribution in [0, 0.1) is 17.2 Å². The summed E-state index contributed by atoms with van der Waals surface area (Å²) < 4.78 is 13.6. The molecule has 6 heteroatoms. The summed E-state index contributed by atoms with van der Waals surface area (Å²) in [5.74, 6) is -3.62. The second kappa shape index (κ2) is 5.69. The fraction of sp³-hybridized carbons (Fsp3) is 0.385. The van der Waals surface area contributed by atoms with Crippen molar-refractivity contribution in [3.05, 3.63) is 28.5 Å². The van der Waals surface area contributed by atoms with Crippen LogP contribution in [0.1, 0.15) is 20.8 Å². The molecule has 0 bridgehead atoms. The average molecular weight is 332 g/mol. The molecule has 1 unspecified atom stereocenters. The summed E-state index contributed by atoms with van der Waals surface area (Å²) in [7, 11) is 0. The van der Waals surface area contributed by atoms with Crippen molar-refractivity contribution in [2.24, 2.45) is 11.3 Å². The number of rotatable bonds is 3. The number of carbonyl (C=O) groups is 2. The monoisotopic (exact) mass is 331 g/mol. The third kappa shape index (κ3) is 4.02. The Kier molecular flexibility index (Phi) is 4.68. The van der Waals surface area contributed by atoms with Crippen LogP contribution in [-0.4, -0.2) is 17.0 Å². The first-order valence-corrected chi connectivity index (χ1v) is 6.41. The lowest BCUT2D eigenvalue weighted by atomic mass is 9.80. The fourth-order valence-electron chi connectivity index (χ4n) is 1.67. The van der Waals surface area contributed by atoms with Gasteiger partial charge in [0.15, 0.2) is 0 Å². The zero-order chi connectivity index (χ0) is 14.8. The number of amides is 1. The minimum Gasteiger partial charge on any atom is -0.481 e. The highest BCUT2D eigenvalue weighted by molar-refractivity contribution is 9.10. The van der Waals surface area contributed by atoms with Gasteiger partial charge < -0.3 is 10.4 Å². The van der Waals surface area contributed by atoms with Crippen LogP contribution in [0.25, 0.3) is 0 Å². The minimum atomic E-state index is -1.22. The van der Waals surface area contributed by atoms with Crippen molar-refractivity contribution < 1.29 is 19.1 Å². The van der Waals surface area contributed by atoms with E-state index in [0.29, 0.717) is 4.47 Å². The van der Waals surface area contributed by atoms with Crippen LogP contribution in [0.4, 0.5) is 10.1 Å². The van der Waals surface area contributed by atoms with Crippen LogP contribution in [0.5, 0.6) is 0 Å². The second-order valence-corrected chi connectivity index (χ2v) is 6.11. The number of carboxylic acid groups (broad SMARTS) is 1. The number of halogens is 2. The molecule has 1 aromatic rings.